The second kappa shape index (κ2) is 8.25. The Balaban J connectivity index is 1.22. The predicted octanol–water partition coefficient (Wildman–Crippen LogP) is 4.55. The van der Waals surface area contributed by atoms with Gasteiger partial charge in [0.05, 0.1) is 19.1 Å². The molecule has 7 nitrogen and oxygen atoms in total. The molecule has 5 rings (SSSR count). The van der Waals surface area contributed by atoms with Gasteiger partial charge in [0.2, 0.25) is 0 Å². The van der Waals surface area contributed by atoms with E-state index in [1.165, 1.54) is 0 Å². The van der Waals surface area contributed by atoms with Gasteiger partial charge in [-0.25, -0.2) is 15.0 Å². The average Bonchev–Trinajstić information content (AvgIpc) is 3.46. The van der Waals surface area contributed by atoms with Crippen molar-refractivity contribution >= 4 is 11.3 Å². The van der Waals surface area contributed by atoms with Gasteiger partial charge in [0, 0.05) is 48.9 Å². The lowest BCUT2D eigenvalue weighted by Gasteiger charge is -2.27. The van der Waals surface area contributed by atoms with Crippen LogP contribution in [0, 0.1) is 0 Å². The SMILES string of the molecule is COc1ccc(Oc2ncc(CN3CCc4nc(-c5ccco5)ncc4C3)s2)cc1. The van der Waals surface area contributed by atoms with Crippen LogP contribution in [0.15, 0.2) is 59.5 Å². The summed E-state index contributed by atoms with van der Waals surface area (Å²) in [6.07, 6.45) is 6.33. The molecule has 1 aliphatic rings. The van der Waals surface area contributed by atoms with Crippen LogP contribution in [-0.2, 0) is 19.5 Å². The Morgan fingerprint density at radius 2 is 1.97 bits per heavy atom. The second-order valence-corrected chi connectivity index (χ2v) is 8.05. The molecule has 0 amide bonds. The van der Waals surface area contributed by atoms with Crippen molar-refractivity contribution in [3.05, 3.63) is 71.2 Å². The van der Waals surface area contributed by atoms with Gasteiger partial charge in [0.25, 0.3) is 5.19 Å². The van der Waals surface area contributed by atoms with Crippen molar-refractivity contribution in [3.8, 4) is 28.3 Å². The Labute approximate surface area is 178 Å². The van der Waals surface area contributed by atoms with E-state index in [1.54, 1.807) is 24.7 Å². The molecule has 0 saturated heterocycles. The number of thiazole rings is 1. The number of hydrogen-bond donors (Lipinski definition) is 0. The van der Waals surface area contributed by atoms with Gasteiger partial charge in [-0.1, -0.05) is 11.3 Å². The summed E-state index contributed by atoms with van der Waals surface area (Å²) in [5, 5.41) is 0.638. The molecule has 0 aliphatic carbocycles. The summed E-state index contributed by atoms with van der Waals surface area (Å²) in [6, 6.07) is 11.2. The minimum Gasteiger partial charge on any atom is -0.497 e. The molecule has 1 aliphatic heterocycles. The van der Waals surface area contributed by atoms with Gasteiger partial charge in [-0.2, -0.15) is 0 Å². The molecule has 0 spiro atoms. The smallest absolute Gasteiger partial charge is 0.278 e. The van der Waals surface area contributed by atoms with Crippen molar-refractivity contribution in [1.82, 2.24) is 19.9 Å². The third kappa shape index (κ3) is 4.05. The van der Waals surface area contributed by atoms with Crippen LogP contribution in [0.25, 0.3) is 11.6 Å². The van der Waals surface area contributed by atoms with Crippen LogP contribution < -0.4 is 9.47 Å². The zero-order chi connectivity index (χ0) is 20.3. The Bertz CT molecular complexity index is 1130. The number of nitrogens with zero attached hydrogens (tertiary/aromatic N) is 4. The van der Waals surface area contributed by atoms with Crippen LogP contribution in [0.2, 0.25) is 0 Å². The Hall–Kier alpha value is -3.23. The first-order valence-corrected chi connectivity index (χ1v) is 10.5. The van der Waals surface area contributed by atoms with Crippen molar-refractivity contribution in [2.75, 3.05) is 13.7 Å². The van der Waals surface area contributed by atoms with Gasteiger partial charge < -0.3 is 13.9 Å². The Morgan fingerprint density at radius 3 is 2.77 bits per heavy atom. The van der Waals surface area contributed by atoms with Crippen LogP contribution in [0.1, 0.15) is 16.1 Å². The van der Waals surface area contributed by atoms with E-state index in [2.05, 4.69) is 14.9 Å². The lowest BCUT2D eigenvalue weighted by Crippen LogP contribution is -2.30. The topological polar surface area (TPSA) is 73.5 Å². The first-order valence-electron chi connectivity index (χ1n) is 9.64. The molecule has 0 saturated carbocycles. The molecule has 30 heavy (non-hydrogen) atoms. The predicted molar refractivity (Wildman–Crippen MR) is 113 cm³/mol. The molecular weight excluding hydrogens is 400 g/mol. The fourth-order valence-corrected chi connectivity index (χ4v) is 4.23. The highest BCUT2D eigenvalue weighted by Gasteiger charge is 2.20. The maximum atomic E-state index is 5.86. The van der Waals surface area contributed by atoms with E-state index in [-0.39, 0.29) is 0 Å². The van der Waals surface area contributed by atoms with Crippen LogP contribution >= 0.6 is 11.3 Å². The first-order chi connectivity index (χ1) is 14.8. The van der Waals surface area contributed by atoms with E-state index in [0.717, 1.165) is 53.7 Å². The number of benzene rings is 1. The molecular formula is C22H20N4O3S. The van der Waals surface area contributed by atoms with E-state index in [1.807, 2.05) is 48.8 Å². The van der Waals surface area contributed by atoms with Crippen molar-refractivity contribution < 1.29 is 13.9 Å². The molecule has 0 unspecified atom stereocenters. The molecule has 0 radical (unpaired) electrons. The lowest BCUT2D eigenvalue weighted by molar-refractivity contribution is 0.245. The van der Waals surface area contributed by atoms with E-state index in [4.69, 9.17) is 18.9 Å². The van der Waals surface area contributed by atoms with Gasteiger partial charge in [-0.05, 0) is 36.4 Å². The van der Waals surface area contributed by atoms with Crippen LogP contribution in [0.3, 0.4) is 0 Å². The number of rotatable bonds is 6. The highest BCUT2D eigenvalue weighted by molar-refractivity contribution is 7.13. The summed E-state index contributed by atoms with van der Waals surface area (Å²) in [6.45, 7) is 2.58. The third-order valence-corrected chi connectivity index (χ3v) is 5.79. The Morgan fingerprint density at radius 1 is 1.10 bits per heavy atom. The van der Waals surface area contributed by atoms with Gasteiger partial charge in [-0.3, -0.25) is 4.90 Å². The highest BCUT2D eigenvalue weighted by atomic mass is 32.1. The fourth-order valence-electron chi connectivity index (χ4n) is 3.41. The first kappa shape index (κ1) is 18.8. The third-order valence-electron chi connectivity index (χ3n) is 4.93. The highest BCUT2D eigenvalue weighted by Crippen LogP contribution is 2.29. The van der Waals surface area contributed by atoms with E-state index < -0.39 is 0 Å². The number of hydrogen-bond acceptors (Lipinski definition) is 8. The van der Waals surface area contributed by atoms with E-state index in [0.29, 0.717) is 16.8 Å². The summed E-state index contributed by atoms with van der Waals surface area (Å²) in [5.41, 5.74) is 2.26. The fraction of sp³-hybridized carbons (Fsp3) is 0.227. The van der Waals surface area contributed by atoms with Gasteiger partial charge >= 0.3 is 0 Å². The molecule has 3 aromatic heterocycles. The zero-order valence-electron chi connectivity index (χ0n) is 16.4. The number of ether oxygens (including phenoxy) is 2. The van der Waals surface area contributed by atoms with E-state index >= 15 is 0 Å². The van der Waals surface area contributed by atoms with Crippen molar-refractivity contribution in [2.45, 2.75) is 19.5 Å². The van der Waals surface area contributed by atoms with Gasteiger partial charge in [0.1, 0.15) is 11.5 Å². The molecule has 1 aromatic carbocycles. The molecule has 8 heteroatoms. The molecule has 4 aromatic rings. The van der Waals surface area contributed by atoms with Gasteiger partial charge in [-0.15, -0.1) is 0 Å². The summed E-state index contributed by atoms with van der Waals surface area (Å²) < 4.78 is 16.4. The lowest BCUT2D eigenvalue weighted by atomic mass is 10.1. The van der Waals surface area contributed by atoms with Gasteiger partial charge in [0.15, 0.2) is 11.6 Å². The monoisotopic (exact) mass is 420 g/mol. The average molecular weight is 420 g/mol. The molecule has 0 fully saturated rings. The molecule has 0 atom stereocenters. The largest absolute Gasteiger partial charge is 0.497 e. The maximum Gasteiger partial charge on any atom is 0.278 e. The zero-order valence-corrected chi connectivity index (χ0v) is 17.3. The molecule has 0 N–H and O–H groups in total. The number of methoxy groups -OCH3 is 1. The normalized spacial score (nSPS) is 13.8. The minimum absolute atomic E-state index is 0.638. The molecule has 152 valence electrons. The second-order valence-electron chi connectivity index (χ2n) is 6.97. The Kier molecular flexibility index (Phi) is 5.17. The molecule has 0 bridgehead atoms. The van der Waals surface area contributed by atoms with Crippen molar-refractivity contribution in [3.63, 3.8) is 0 Å². The van der Waals surface area contributed by atoms with Crippen LogP contribution in [0.5, 0.6) is 16.7 Å². The summed E-state index contributed by atoms with van der Waals surface area (Å²) in [4.78, 5) is 17.1. The quantitative estimate of drug-likeness (QED) is 0.453. The standard InChI is InChI=1S/C22H20N4O3S/c1-27-16-4-6-17(7-5-16)29-22-24-12-18(30-22)14-26-9-8-19-15(13-26)11-23-21(25-19)20-3-2-10-28-20/h2-7,10-12H,8-9,13-14H2,1H3. The van der Waals surface area contributed by atoms with E-state index in [9.17, 15) is 0 Å². The summed E-state index contributed by atoms with van der Waals surface area (Å²) >= 11 is 1.56. The maximum absolute atomic E-state index is 5.86. The van der Waals surface area contributed by atoms with Crippen LogP contribution in [0.4, 0.5) is 0 Å². The van der Waals surface area contributed by atoms with Crippen LogP contribution in [-0.4, -0.2) is 33.5 Å². The van der Waals surface area contributed by atoms with Crippen molar-refractivity contribution in [2.24, 2.45) is 0 Å². The number of fused-ring (bicyclic) bond motifs is 1. The summed E-state index contributed by atoms with van der Waals surface area (Å²) in [5.74, 6) is 2.89. The minimum atomic E-state index is 0.638. The molecule has 4 heterocycles. The van der Waals surface area contributed by atoms with Crippen molar-refractivity contribution in [1.29, 1.82) is 0 Å². The summed E-state index contributed by atoms with van der Waals surface area (Å²) in [7, 11) is 1.64. The number of aromatic nitrogens is 3. The number of furan rings is 1.